The minimum Gasteiger partial charge on any atom is -0.444 e. The minimum atomic E-state index is -3.53. The maximum absolute atomic E-state index is 13.0. The van der Waals surface area contributed by atoms with Crippen LogP contribution in [-0.2, 0) is 14.8 Å². The molecule has 6 nitrogen and oxygen atoms in total. The van der Waals surface area contributed by atoms with Crippen molar-refractivity contribution >= 4 is 37.5 Å². The van der Waals surface area contributed by atoms with Gasteiger partial charge in [-0.05, 0) is 39.7 Å². The molecule has 26 heavy (non-hydrogen) atoms. The Balaban J connectivity index is 1.65. The second kappa shape index (κ2) is 7.17. The molecule has 142 valence electrons. The van der Waals surface area contributed by atoms with Gasteiger partial charge in [0, 0.05) is 34.6 Å². The molecule has 1 fully saturated rings. The first kappa shape index (κ1) is 19.1. The van der Waals surface area contributed by atoms with E-state index in [1.807, 2.05) is 45.0 Å². The molecule has 2 heterocycles. The number of hydrogen-bond donors (Lipinski definition) is 1. The Hall–Kier alpha value is -1.64. The highest BCUT2D eigenvalue weighted by atomic mass is 32.2. The third kappa shape index (κ3) is 4.19. The molecule has 0 saturated carbocycles. The Morgan fingerprint density at radius 1 is 1.23 bits per heavy atom. The van der Waals surface area contributed by atoms with Gasteiger partial charge in [-0.25, -0.2) is 13.2 Å². The highest BCUT2D eigenvalue weighted by molar-refractivity contribution is 7.89. The second-order valence-electron chi connectivity index (χ2n) is 7.42. The quantitative estimate of drug-likeness (QED) is 0.860. The lowest BCUT2D eigenvalue weighted by molar-refractivity contribution is 0.0489. The van der Waals surface area contributed by atoms with Crippen LogP contribution in [0.4, 0.5) is 4.79 Å². The van der Waals surface area contributed by atoms with Crippen molar-refractivity contribution in [2.75, 3.05) is 13.1 Å². The Bertz CT molecular complexity index is 891. The maximum atomic E-state index is 13.0. The summed E-state index contributed by atoms with van der Waals surface area (Å²) in [6.07, 6.45) is 0.684. The number of nitrogens with zero attached hydrogens (tertiary/aromatic N) is 1. The Labute approximate surface area is 158 Å². The van der Waals surface area contributed by atoms with E-state index in [4.69, 9.17) is 4.74 Å². The summed E-state index contributed by atoms with van der Waals surface area (Å²) in [7, 11) is -3.53. The molecule has 1 aromatic heterocycles. The van der Waals surface area contributed by atoms with E-state index in [0.29, 0.717) is 30.8 Å². The molecule has 1 saturated heterocycles. The summed E-state index contributed by atoms with van der Waals surface area (Å²) in [5.41, 5.74) is -0.547. The number of carbonyl (C=O) groups excluding carboxylic acids is 1. The van der Waals surface area contributed by atoms with Crippen LogP contribution < -0.4 is 5.32 Å². The van der Waals surface area contributed by atoms with Crippen LogP contribution in [0.15, 0.2) is 34.5 Å². The van der Waals surface area contributed by atoms with Crippen molar-refractivity contribution in [1.82, 2.24) is 9.62 Å². The molecular formula is C18H24N2O4S2. The van der Waals surface area contributed by atoms with E-state index in [0.717, 1.165) is 10.1 Å². The fourth-order valence-electron chi connectivity index (χ4n) is 3.01. The number of fused-ring (bicyclic) bond motifs is 1. The largest absolute Gasteiger partial charge is 0.444 e. The third-order valence-electron chi connectivity index (χ3n) is 4.24. The number of hydrogen-bond acceptors (Lipinski definition) is 5. The van der Waals surface area contributed by atoms with E-state index in [1.165, 1.54) is 15.6 Å². The number of carbonyl (C=O) groups is 1. The van der Waals surface area contributed by atoms with E-state index in [2.05, 4.69) is 5.32 Å². The molecule has 1 amide bonds. The minimum absolute atomic E-state index is 0.0736. The number of alkyl carbamates (subject to hydrolysis) is 1. The average Bonchev–Trinajstić information content (AvgIpc) is 2.98. The third-order valence-corrected chi connectivity index (χ3v) is 7.29. The molecule has 0 radical (unpaired) electrons. The van der Waals surface area contributed by atoms with Crippen molar-refractivity contribution < 1.29 is 17.9 Å². The SMILES string of the molecule is CC(C)(C)OC(=O)NC1CCN(S(=O)(=O)c2csc3ccccc23)CC1. The molecule has 0 unspecified atom stereocenters. The first-order chi connectivity index (χ1) is 12.2. The van der Waals surface area contributed by atoms with Crippen LogP contribution in [-0.4, -0.2) is 43.5 Å². The summed E-state index contributed by atoms with van der Waals surface area (Å²) in [6.45, 7) is 6.20. The molecule has 1 aliphatic heterocycles. The van der Waals surface area contributed by atoms with Crippen LogP contribution in [0.25, 0.3) is 10.1 Å². The van der Waals surface area contributed by atoms with Crippen molar-refractivity contribution in [3.05, 3.63) is 29.6 Å². The van der Waals surface area contributed by atoms with E-state index in [-0.39, 0.29) is 6.04 Å². The average molecular weight is 397 g/mol. The van der Waals surface area contributed by atoms with Gasteiger partial charge < -0.3 is 10.1 Å². The molecule has 2 aromatic rings. The number of benzene rings is 1. The Morgan fingerprint density at radius 3 is 2.54 bits per heavy atom. The van der Waals surface area contributed by atoms with Gasteiger partial charge in [-0.15, -0.1) is 11.3 Å². The van der Waals surface area contributed by atoms with Gasteiger partial charge in [0.25, 0.3) is 0 Å². The standard InChI is InChI=1S/C18H24N2O4S2/c1-18(2,3)24-17(21)19-13-8-10-20(11-9-13)26(22,23)16-12-25-15-7-5-4-6-14(15)16/h4-7,12-13H,8-11H2,1-3H3,(H,19,21). The van der Waals surface area contributed by atoms with E-state index in [9.17, 15) is 13.2 Å². The Morgan fingerprint density at radius 2 is 1.88 bits per heavy atom. The van der Waals surface area contributed by atoms with Gasteiger partial charge in [0.1, 0.15) is 10.5 Å². The van der Waals surface area contributed by atoms with Gasteiger partial charge >= 0.3 is 6.09 Å². The summed E-state index contributed by atoms with van der Waals surface area (Å²) in [5, 5.41) is 5.31. The number of thiophene rings is 1. The van der Waals surface area contributed by atoms with Crippen LogP contribution in [0.1, 0.15) is 33.6 Å². The van der Waals surface area contributed by atoms with Gasteiger partial charge in [0.2, 0.25) is 10.0 Å². The Kier molecular flexibility index (Phi) is 5.28. The van der Waals surface area contributed by atoms with Crippen LogP contribution in [0, 0.1) is 0 Å². The molecule has 1 aliphatic rings. The van der Waals surface area contributed by atoms with Crippen molar-refractivity contribution in [3.8, 4) is 0 Å². The van der Waals surface area contributed by atoms with E-state index < -0.39 is 21.7 Å². The van der Waals surface area contributed by atoms with Gasteiger partial charge in [-0.2, -0.15) is 4.31 Å². The van der Waals surface area contributed by atoms with E-state index in [1.54, 1.807) is 5.38 Å². The molecule has 0 atom stereocenters. The number of amides is 1. The molecule has 3 rings (SSSR count). The van der Waals surface area contributed by atoms with Gasteiger partial charge in [0.15, 0.2) is 0 Å². The maximum Gasteiger partial charge on any atom is 0.407 e. The van der Waals surface area contributed by atoms with Crippen LogP contribution in [0.5, 0.6) is 0 Å². The zero-order valence-electron chi connectivity index (χ0n) is 15.2. The highest BCUT2D eigenvalue weighted by Gasteiger charge is 2.32. The summed E-state index contributed by atoms with van der Waals surface area (Å²) in [5.74, 6) is 0. The zero-order chi connectivity index (χ0) is 18.9. The monoisotopic (exact) mass is 396 g/mol. The number of rotatable bonds is 3. The first-order valence-electron chi connectivity index (χ1n) is 8.63. The summed E-state index contributed by atoms with van der Waals surface area (Å²) in [6, 6.07) is 7.45. The van der Waals surface area contributed by atoms with Crippen molar-refractivity contribution in [3.63, 3.8) is 0 Å². The summed E-state index contributed by atoms with van der Waals surface area (Å²) in [4.78, 5) is 12.2. The summed E-state index contributed by atoms with van der Waals surface area (Å²) < 4.78 is 33.7. The molecule has 8 heteroatoms. The molecule has 1 aromatic carbocycles. The van der Waals surface area contributed by atoms with Crippen LogP contribution >= 0.6 is 11.3 Å². The van der Waals surface area contributed by atoms with Crippen LogP contribution in [0.3, 0.4) is 0 Å². The number of sulfonamides is 1. The predicted molar refractivity (Wildman–Crippen MR) is 103 cm³/mol. The molecule has 0 bridgehead atoms. The van der Waals surface area contributed by atoms with E-state index >= 15 is 0 Å². The normalized spacial score (nSPS) is 17.3. The number of ether oxygens (including phenoxy) is 1. The highest BCUT2D eigenvalue weighted by Crippen LogP contribution is 2.32. The van der Waals surface area contributed by atoms with Gasteiger partial charge in [-0.3, -0.25) is 0 Å². The fraction of sp³-hybridized carbons (Fsp3) is 0.500. The lowest BCUT2D eigenvalue weighted by Gasteiger charge is -2.32. The number of nitrogens with one attached hydrogen (secondary N) is 1. The van der Waals surface area contributed by atoms with Gasteiger partial charge in [-0.1, -0.05) is 18.2 Å². The lowest BCUT2D eigenvalue weighted by Crippen LogP contribution is -2.47. The van der Waals surface area contributed by atoms with Crippen molar-refractivity contribution in [1.29, 1.82) is 0 Å². The molecular weight excluding hydrogens is 372 g/mol. The first-order valence-corrected chi connectivity index (χ1v) is 10.9. The second-order valence-corrected chi connectivity index (χ2v) is 10.2. The molecule has 0 aliphatic carbocycles. The van der Waals surface area contributed by atoms with Crippen molar-refractivity contribution in [2.24, 2.45) is 0 Å². The smallest absolute Gasteiger partial charge is 0.407 e. The van der Waals surface area contributed by atoms with Crippen molar-refractivity contribution in [2.45, 2.75) is 50.2 Å². The lowest BCUT2D eigenvalue weighted by atomic mass is 10.1. The topological polar surface area (TPSA) is 75.7 Å². The summed E-state index contributed by atoms with van der Waals surface area (Å²) >= 11 is 1.44. The number of piperidine rings is 1. The van der Waals surface area contributed by atoms with Crippen LogP contribution in [0.2, 0.25) is 0 Å². The van der Waals surface area contributed by atoms with Gasteiger partial charge in [0.05, 0.1) is 0 Å². The molecule has 1 N–H and O–H groups in total. The molecule has 0 spiro atoms. The predicted octanol–water partition coefficient (Wildman–Crippen LogP) is 3.58. The zero-order valence-corrected chi connectivity index (χ0v) is 16.8. The fourth-order valence-corrected chi connectivity index (χ4v) is 5.95.